The summed E-state index contributed by atoms with van der Waals surface area (Å²) in [6, 6.07) is 0. The highest BCUT2D eigenvalue weighted by Crippen LogP contribution is 2.31. The molecule has 0 radical (unpaired) electrons. The number of nitrogens with one attached hydrogen (secondary N) is 1. The van der Waals surface area contributed by atoms with E-state index in [9.17, 15) is 10.2 Å². The summed E-state index contributed by atoms with van der Waals surface area (Å²) < 4.78 is 6.79. The zero-order valence-electron chi connectivity index (χ0n) is 10.2. The molecule has 0 saturated carbocycles. The quantitative estimate of drug-likeness (QED) is 0.413. The number of ether oxygens (including phenoxy) is 1. The first-order valence-corrected chi connectivity index (χ1v) is 5.87. The minimum Gasteiger partial charge on any atom is -0.394 e. The van der Waals surface area contributed by atoms with Crippen LogP contribution in [-0.2, 0) is 4.74 Å². The molecule has 0 bridgehead atoms. The second-order valence-corrected chi connectivity index (χ2v) is 4.39. The zero-order chi connectivity index (χ0) is 14.3. The highest BCUT2D eigenvalue weighted by atomic mass is 16.6. The average Bonchev–Trinajstić information content (AvgIpc) is 3.01. The van der Waals surface area contributed by atoms with Gasteiger partial charge >= 0.3 is 0 Å². The third kappa shape index (κ3) is 1.82. The largest absolute Gasteiger partial charge is 0.394 e. The van der Waals surface area contributed by atoms with E-state index in [0.29, 0.717) is 5.65 Å². The maximum Gasteiger partial charge on any atom is 0.181 e. The van der Waals surface area contributed by atoms with Gasteiger partial charge in [-0.05, 0) is 0 Å². The van der Waals surface area contributed by atoms with E-state index in [1.807, 2.05) is 5.48 Å². The molecule has 1 saturated heterocycles. The third-order valence-electron chi connectivity index (χ3n) is 3.26. The van der Waals surface area contributed by atoms with Gasteiger partial charge in [-0.1, -0.05) is 0 Å². The minimum atomic E-state index is -1.23. The number of aliphatic hydroxyl groups excluding tert-OH is 3. The SMILES string of the molecule is OC[C@H]1O[C@@H](n2cnc3c(NO)ncnc32)C(O)C1O. The first-order valence-electron chi connectivity index (χ1n) is 5.87. The summed E-state index contributed by atoms with van der Waals surface area (Å²) >= 11 is 0. The molecule has 20 heavy (non-hydrogen) atoms. The van der Waals surface area contributed by atoms with Gasteiger partial charge in [-0.15, -0.1) is 0 Å². The topological polar surface area (TPSA) is 146 Å². The van der Waals surface area contributed by atoms with Crippen LogP contribution in [0.5, 0.6) is 0 Å². The van der Waals surface area contributed by atoms with E-state index in [2.05, 4.69) is 15.0 Å². The standard InChI is InChI=1S/C10H13N5O5/c16-1-4-6(17)7(18)10(20-4)15-3-13-5-8(14-19)11-2-12-9(5)15/h2-4,6-7,10,16-19H,1H2,(H,11,12,14)/t4-,6?,7?,10-/m1/s1. The maximum atomic E-state index is 9.97. The Kier molecular flexibility index (Phi) is 3.23. The van der Waals surface area contributed by atoms with Gasteiger partial charge in [0.15, 0.2) is 23.2 Å². The van der Waals surface area contributed by atoms with Gasteiger partial charge in [0.2, 0.25) is 0 Å². The lowest BCUT2D eigenvalue weighted by Crippen LogP contribution is -2.33. The molecule has 3 heterocycles. The Hall–Kier alpha value is -1.85. The fourth-order valence-corrected chi connectivity index (χ4v) is 2.23. The van der Waals surface area contributed by atoms with Crippen molar-refractivity contribution in [1.29, 1.82) is 0 Å². The number of hydrogen-bond donors (Lipinski definition) is 5. The van der Waals surface area contributed by atoms with Gasteiger partial charge in [0.1, 0.15) is 24.6 Å². The van der Waals surface area contributed by atoms with Crippen molar-refractivity contribution in [3.8, 4) is 0 Å². The molecule has 5 N–H and O–H groups in total. The molecule has 0 amide bonds. The lowest BCUT2D eigenvalue weighted by Gasteiger charge is -2.16. The van der Waals surface area contributed by atoms with Crippen LogP contribution in [0.1, 0.15) is 6.23 Å². The first-order chi connectivity index (χ1) is 9.67. The fraction of sp³-hybridized carbons (Fsp3) is 0.500. The monoisotopic (exact) mass is 283 g/mol. The molecule has 108 valence electrons. The maximum absolute atomic E-state index is 9.97. The second-order valence-electron chi connectivity index (χ2n) is 4.39. The molecule has 1 aliphatic rings. The summed E-state index contributed by atoms with van der Waals surface area (Å²) in [5, 5.41) is 37.7. The van der Waals surface area contributed by atoms with Crippen LogP contribution in [0.3, 0.4) is 0 Å². The van der Waals surface area contributed by atoms with Crippen LogP contribution in [0.15, 0.2) is 12.7 Å². The van der Waals surface area contributed by atoms with E-state index in [-0.39, 0.29) is 11.3 Å². The number of aromatic nitrogens is 4. The number of fused-ring (bicyclic) bond motifs is 1. The van der Waals surface area contributed by atoms with Gasteiger partial charge < -0.3 is 20.1 Å². The lowest BCUT2D eigenvalue weighted by atomic mass is 10.1. The third-order valence-corrected chi connectivity index (χ3v) is 3.26. The predicted octanol–water partition coefficient (Wildman–Crippen LogP) is -1.76. The molecule has 2 unspecified atom stereocenters. The van der Waals surface area contributed by atoms with Gasteiger partial charge in [0, 0.05) is 0 Å². The Morgan fingerprint density at radius 1 is 1.25 bits per heavy atom. The van der Waals surface area contributed by atoms with Crippen molar-refractivity contribution in [1.82, 2.24) is 19.5 Å². The highest BCUT2D eigenvalue weighted by molar-refractivity contribution is 5.82. The summed E-state index contributed by atoms with van der Waals surface area (Å²) in [5.41, 5.74) is 2.49. The predicted molar refractivity (Wildman–Crippen MR) is 63.7 cm³/mol. The molecule has 2 aromatic heterocycles. The minimum absolute atomic E-state index is 0.112. The molecule has 0 spiro atoms. The van der Waals surface area contributed by atoms with Crippen molar-refractivity contribution < 1.29 is 25.3 Å². The number of aliphatic hydroxyl groups is 3. The van der Waals surface area contributed by atoms with E-state index in [1.165, 1.54) is 17.2 Å². The van der Waals surface area contributed by atoms with Crippen LogP contribution in [0.4, 0.5) is 5.82 Å². The first kappa shape index (κ1) is 13.1. The average molecular weight is 283 g/mol. The van der Waals surface area contributed by atoms with Crippen LogP contribution in [-0.4, -0.2) is 65.0 Å². The van der Waals surface area contributed by atoms with Gasteiger partial charge in [-0.25, -0.2) is 15.0 Å². The van der Waals surface area contributed by atoms with Crippen molar-refractivity contribution in [3.63, 3.8) is 0 Å². The van der Waals surface area contributed by atoms with E-state index >= 15 is 0 Å². The van der Waals surface area contributed by atoms with Crippen molar-refractivity contribution in [2.24, 2.45) is 0 Å². The summed E-state index contributed by atoms with van der Waals surface area (Å²) in [6.07, 6.45) is -1.70. The number of nitrogens with zero attached hydrogens (tertiary/aromatic N) is 4. The van der Waals surface area contributed by atoms with Gasteiger partial charge in [0.25, 0.3) is 0 Å². The highest BCUT2D eigenvalue weighted by Gasteiger charge is 2.43. The number of hydrogen-bond acceptors (Lipinski definition) is 9. The summed E-state index contributed by atoms with van der Waals surface area (Å²) in [5.74, 6) is 0.112. The Morgan fingerprint density at radius 2 is 2.05 bits per heavy atom. The summed E-state index contributed by atoms with van der Waals surface area (Å²) in [7, 11) is 0. The van der Waals surface area contributed by atoms with Crippen LogP contribution in [0, 0.1) is 0 Å². The smallest absolute Gasteiger partial charge is 0.181 e. The zero-order valence-corrected chi connectivity index (χ0v) is 10.2. The normalized spacial score (nSPS) is 30.0. The molecule has 10 heteroatoms. The van der Waals surface area contributed by atoms with Crippen LogP contribution in [0.2, 0.25) is 0 Å². The van der Waals surface area contributed by atoms with E-state index in [1.54, 1.807) is 0 Å². The number of imidazole rings is 1. The number of rotatable bonds is 3. The molecule has 4 atom stereocenters. The molecule has 0 aliphatic carbocycles. The Bertz CT molecular complexity index is 619. The van der Waals surface area contributed by atoms with Crippen molar-refractivity contribution in [3.05, 3.63) is 12.7 Å². The Morgan fingerprint density at radius 3 is 2.70 bits per heavy atom. The fourth-order valence-electron chi connectivity index (χ4n) is 2.23. The number of anilines is 1. The van der Waals surface area contributed by atoms with Gasteiger partial charge in [0.05, 0.1) is 12.9 Å². The van der Waals surface area contributed by atoms with Crippen molar-refractivity contribution in [2.75, 3.05) is 12.1 Å². The molecule has 3 rings (SSSR count). The van der Waals surface area contributed by atoms with E-state index in [4.69, 9.17) is 15.1 Å². The molecular weight excluding hydrogens is 270 g/mol. The van der Waals surface area contributed by atoms with Crippen molar-refractivity contribution >= 4 is 17.0 Å². The van der Waals surface area contributed by atoms with E-state index in [0.717, 1.165) is 0 Å². The summed E-state index contributed by atoms with van der Waals surface area (Å²) in [6.45, 7) is -0.417. The van der Waals surface area contributed by atoms with Crippen LogP contribution < -0.4 is 5.48 Å². The molecule has 10 nitrogen and oxygen atoms in total. The Balaban J connectivity index is 2.03. The molecular formula is C10H13N5O5. The molecule has 0 aromatic carbocycles. The molecule has 1 aliphatic heterocycles. The van der Waals surface area contributed by atoms with Gasteiger partial charge in [-0.2, -0.15) is 0 Å². The molecule has 2 aromatic rings. The van der Waals surface area contributed by atoms with Crippen LogP contribution >= 0.6 is 0 Å². The second kappa shape index (κ2) is 4.92. The van der Waals surface area contributed by atoms with Gasteiger partial charge in [-0.3, -0.25) is 15.3 Å². The lowest BCUT2D eigenvalue weighted by molar-refractivity contribution is -0.0511. The van der Waals surface area contributed by atoms with Crippen molar-refractivity contribution in [2.45, 2.75) is 24.5 Å². The van der Waals surface area contributed by atoms with E-state index < -0.39 is 31.1 Å². The molecule has 1 fully saturated rings. The van der Waals surface area contributed by atoms with Crippen LogP contribution in [0.25, 0.3) is 11.2 Å². The summed E-state index contributed by atoms with van der Waals surface area (Å²) in [4.78, 5) is 11.8. The Labute approximate surface area is 112 Å².